The van der Waals surface area contributed by atoms with E-state index in [4.69, 9.17) is 13.6 Å². The average Bonchev–Trinajstić information content (AvgIpc) is 3.52. The molecule has 0 unspecified atom stereocenters. The molecule has 1 aliphatic heterocycles. The Hall–Kier alpha value is -3.74. The molecule has 4 rings (SSSR count). The van der Waals surface area contributed by atoms with Crippen molar-refractivity contribution in [3.63, 3.8) is 0 Å². The van der Waals surface area contributed by atoms with E-state index in [2.05, 4.69) is 6.92 Å². The summed E-state index contributed by atoms with van der Waals surface area (Å²) in [6.45, 7) is 4.53. The van der Waals surface area contributed by atoms with Crippen molar-refractivity contribution in [2.75, 3.05) is 6.61 Å². The highest BCUT2D eigenvalue weighted by molar-refractivity contribution is 6.15. The van der Waals surface area contributed by atoms with Gasteiger partial charge in [0.1, 0.15) is 17.3 Å². The van der Waals surface area contributed by atoms with E-state index in [0.717, 1.165) is 12.8 Å². The highest BCUT2D eigenvalue weighted by atomic mass is 16.5. The third-order valence-electron chi connectivity index (χ3n) is 5.38. The minimum Gasteiger partial charge on any atom is -0.503 e. The van der Waals surface area contributed by atoms with E-state index in [1.54, 1.807) is 55.5 Å². The molecule has 1 aromatic carbocycles. The van der Waals surface area contributed by atoms with Gasteiger partial charge in [0, 0.05) is 0 Å². The van der Waals surface area contributed by atoms with Crippen LogP contribution in [0.3, 0.4) is 0 Å². The first-order valence-electron chi connectivity index (χ1n) is 10.6. The van der Waals surface area contributed by atoms with Crippen LogP contribution in [0.1, 0.15) is 53.4 Å². The van der Waals surface area contributed by atoms with Gasteiger partial charge in [0.15, 0.2) is 11.5 Å². The van der Waals surface area contributed by atoms with E-state index in [-0.39, 0.29) is 17.9 Å². The fourth-order valence-electron chi connectivity index (χ4n) is 3.74. The SMILES string of the molecule is CCCCOc1ccc([C@@H]2C(C(=O)c3ccc(C)o3)=C(O)C(=O)N2Cc2ccco2)cc1. The third-order valence-corrected chi connectivity index (χ3v) is 5.38. The monoisotopic (exact) mass is 435 g/mol. The van der Waals surface area contributed by atoms with Gasteiger partial charge in [0.25, 0.3) is 5.91 Å². The van der Waals surface area contributed by atoms with E-state index >= 15 is 0 Å². The molecule has 0 fully saturated rings. The molecule has 0 radical (unpaired) electrons. The summed E-state index contributed by atoms with van der Waals surface area (Å²) in [5.74, 6) is 0.131. The molecule has 0 bridgehead atoms. The largest absolute Gasteiger partial charge is 0.503 e. The Morgan fingerprint density at radius 3 is 2.56 bits per heavy atom. The summed E-state index contributed by atoms with van der Waals surface area (Å²) in [4.78, 5) is 27.6. The Labute approximate surface area is 185 Å². The van der Waals surface area contributed by atoms with E-state index in [0.29, 0.717) is 29.4 Å². The van der Waals surface area contributed by atoms with Gasteiger partial charge in [0.05, 0.1) is 31.0 Å². The van der Waals surface area contributed by atoms with Crippen molar-refractivity contribution < 1.29 is 28.3 Å². The molecular weight excluding hydrogens is 410 g/mol. The van der Waals surface area contributed by atoms with E-state index in [1.807, 2.05) is 0 Å². The first-order valence-corrected chi connectivity index (χ1v) is 10.6. The number of Topliss-reactive ketones (excluding diaryl/α,β-unsaturated/α-hetero) is 1. The number of aliphatic hydroxyl groups excluding tert-OH is 1. The summed E-state index contributed by atoms with van der Waals surface area (Å²) in [6.07, 6.45) is 3.50. The molecule has 1 amide bonds. The Morgan fingerprint density at radius 1 is 1.16 bits per heavy atom. The van der Waals surface area contributed by atoms with Crippen molar-refractivity contribution in [1.29, 1.82) is 0 Å². The summed E-state index contributed by atoms with van der Waals surface area (Å²) in [7, 11) is 0. The van der Waals surface area contributed by atoms with Crippen molar-refractivity contribution >= 4 is 11.7 Å². The number of hydrogen-bond donors (Lipinski definition) is 1. The summed E-state index contributed by atoms with van der Waals surface area (Å²) < 4.78 is 16.6. The van der Waals surface area contributed by atoms with Gasteiger partial charge in [-0.15, -0.1) is 0 Å². The van der Waals surface area contributed by atoms with Crippen LogP contribution >= 0.6 is 0 Å². The molecule has 3 aromatic rings. The smallest absolute Gasteiger partial charge is 0.290 e. The van der Waals surface area contributed by atoms with Gasteiger partial charge in [-0.05, 0) is 55.3 Å². The van der Waals surface area contributed by atoms with Gasteiger partial charge < -0.3 is 23.6 Å². The lowest BCUT2D eigenvalue weighted by Gasteiger charge is -2.26. The zero-order chi connectivity index (χ0) is 22.7. The highest BCUT2D eigenvalue weighted by Crippen LogP contribution is 2.40. The minimum absolute atomic E-state index is 0.0180. The predicted molar refractivity (Wildman–Crippen MR) is 116 cm³/mol. The van der Waals surface area contributed by atoms with E-state index in [1.165, 1.54) is 11.2 Å². The van der Waals surface area contributed by atoms with Crippen LogP contribution in [0.2, 0.25) is 0 Å². The number of aliphatic hydroxyl groups is 1. The van der Waals surface area contributed by atoms with Gasteiger partial charge in [-0.1, -0.05) is 25.5 Å². The number of rotatable bonds is 9. The topological polar surface area (TPSA) is 93.1 Å². The van der Waals surface area contributed by atoms with Gasteiger partial charge in [-0.3, -0.25) is 9.59 Å². The standard InChI is InChI=1S/C25H25NO6/c1-3-4-13-30-18-10-8-17(9-11-18)22-21(23(27)20-12-7-16(2)32-20)24(28)25(29)26(22)15-19-6-5-14-31-19/h5-12,14,22,28H,3-4,13,15H2,1-2H3/t22-/m1/s1. The molecule has 0 aliphatic carbocycles. The summed E-state index contributed by atoms with van der Waals surface area (Å²) >= 11 is 0. The van der Waals surface area contributed by atoms with Crippen LogP contribution < -0.4 is 4.74 Å². The lowest BCUT2D eigenvalue weighted by Crippen LogP contribution is -2.30. The number of furan rings is 2. The molecule has 7 heteroatoms. The Balaban J connectivity index is 1.70. The van der Waals surface area contributed by atoms with Crippen LogP contribution in [0.15, 0.2) is 75.0 Å². The normalized spacial score (nSPS) is 16.1. The Kier molecular flexibility index (Phi) is 6.16. The summed E-state index contributed by atoms with van der Waals surface area (Å²) in [5, 5.41) is 10.7. The molecule has 32 heavy (non-hydrogen) atoms. The number of unbranched alkanes of at least 4 members (excludes halogenated alkanes) is 1. The molecule has 3 heterocycles. The number of hydrogen-bond acceptors (Lipinski definition) is 6. The summed E-state index contributed by atoms with van der Waals surface area (Å²) in [6, 6.07) is 13.1. The van der Waals surface area contributed by atoms with Crippen LogP contribution in [0.5, 0.6) is 5.75 Å². The van der Waals surface area contributed by atoms with Crippen molar-refractivity contribution in [1.82, 2.24) is 4.90 Å². The highest BCUT2D eigenvalue weighted by Gasteiger charge is 2.44. The maximum Gasteiger partial charge on any atom is 0.290 e. The minimum atomic E-state index is -0.796. The van der Waals surface area contributed by atoms with Crippen LogP contribution in [0, 0.1) is 6.92 Å². The second-order valence-electron chi connectivity index (χ2n) is 7.69. The Bertz CT molecular complexity index is 1120. The number of carbonyl (C=O) groups is 2. The molecule has 1 atom stereocenters. The van der Waals surface area contributed by atoms with Crippen molar-refractivity contribution in [3.8, 4) is 5.75 Å². The first kappa shape index (κ1) is 21.5. The van der Waals surface area contributed by atoms with Crippen LogP contribution in [-0.4, -0.2) is 28.3 Å². The first-order chi connectivity index (χ1) is 15.5. The van der Waals surface area contributed by atoms with E-state index in [9.17, 15) is 14.7 Å². The van der Waals surface area contributed by atoms with Crippen LogP contribution in [0.25, 0.3) is 0 Å². The number of benzene rings is 1. The maximum absolute atomic E-state index is 13.3. The van der Waals surface area contributed by atoms with Gasteiger partial charge in [-0.2, -0.15) is 0 Å². The van der Waals surface area contributed by atoms with Crippen molar-refractivity contribution in [2.45, 2.75) is 39.3 Å². The second kappa shape index (κ2) is 9.18. The maximum atomic E-state index is 13.3. The summed E-state index contributed by atoms with van der Waals surface area (Å²) in [5.41, 5.74) is 0.652. The molecular formula is C25H25NO6. The Morgan fingerprint density at radius 2 is 1.94 bits per heavy atom. The lowest BCUT2D eigenvalue weighted by atomic mass is 9.95. The zero-order valence-electron chi connectivity index (χ0n) is 18.0. The zero-order valence-corrected chi connectivity index (χ0v) is 18.0. The molecule has 7 nitrogen and oxygen atoms in total. The fraction of sp³-hybridized carbons (Fsp3) is 0.280. The molecule has 166 valence electrons. The fourth-order valence-corrected chi connectivity index (χ4v) is 3.74. The van der Waals surface area contributed by atoms with Crippen LogP contribution in [0.4, 0.5) is 0 Å². The molecule has 1 N–H and O–H groups in total. The molecule has 0 saturated heterocycles. The number of ketones is 1. The number of carbonyl (C=O) groups excluding carboxylic acids is 2. The van der Waals surface area contributed by atoms with Gasteiger partial charge >= 0.3 is 0 Å². The lowest BCUT2D eigenvalue weighted by molar-refractivity contribution is -0.130. The molecule has 0 spiro atoms. The molecule has 1 aliphatic rings. The quantitative estimate of drug-likeness (QED) is 0.370. The number of aryl methyl sites for hydroxylation is 1. The van der Waals surface area contributed by atoms with Gasteiger partial charge in [0.2, 0.25) is 5.78 Å². The second-order valence-corrected chi connectivity index (χ2v) is 7.69. The van der Waals surface area contributed by atoms with Crippen molar-refractivity contribution in [3.05, 3.63) is 89.0 Å². The number of nitrogens with zero attached hydrogens (tertiary/aromatic N) is 1. The predicted octanol–water partition coefficient (Wildman–Crippen LogP) is 5.14. The van der Waals surface area contributed by atoms with Crippen molar-refractivity contribution in [2.24, 2.45) is 0 Å². The van der Waals surface area contributed by atoms with Crippen LogP contribution in [-0.2, 0) is 11.3 Å². The molecule has 0 saturated carbocycles. The van der Waals surface area contributed by atoms with E-state index < -0.39 is 23.5 Å². The van der Waals surface area contributed by atoms with Gasteiger partial charge in [-0.25, -0.2) is 0 Å². The third kappa shape index (κ3) is 4.19. The number of ether oxygens (including phenoxy) is 1. The average molecular weight is 435 g/mol. The molecule has 2 aromatic heterocycles. The number of amides is 1.